The number of aryl methyl sites for hydroxylation is 1. The van der Waals surface area contributed by atoms with Crippen LogP contribution >= 0.6 is 11.6 Å². The highest BCUT2D eigenvalue weighted by Gasteiger charge is 2.51. The molecule has 4 aliphatic rings. The van der Waals surface area contributed by atoms with Crippen LogP contribution in [0.25, 0.3) is 0 Å². The largest absolute Gasteiger partial charge is 0.490 e. The van der Waals surface area contributed by atoms with Gasteiger partial charge in [-0.3, -0.25) is 4.79 Å². The fraction of sp³-hybridized carbons (Fsp3) is 0.486. The van der Waals surface area contributed by atoms with Gasteiger partial charge in [0, 0.05) is 48.3 Å². The zero-order chi connectivity index (χ0) is 33.7. The number of carbonyl (C=O) groups is 1. The predicted octanol–water partition coefficient (Wildman–Crippen LogP) is 6.22. The highest BCUT2D eigenvalue weighted by molar-refractivity contribution is 7.90. The summed E-state index contributed by atoms with van der Waals surface area (Å²) < 4.78 is 42.4. The van der Waals surface area contributed by atoms with Gasteiger partial charge in [-0.05, 0) is 111 Å². The second-order valence-electron chi connectivity index (χ2n) is 14.1. The lowest BCUT2D eigenvalue weighted by atomic mass is 9.62. The molecule has 0 saturated heterocycles. The van der Waals surface area contributed by atoms with Gasteiger partial charge < -0.3 is 14.4 Å². The van der Waals surface area contributed by atoms with E-state index in [-0.39, 0.29) is 28.7 Å². The summed E-state index contributed by atoms with van der Waals surface area (Å²) in [6.07, 6.45) is 11.1. The van der Waals surface area contributed by atoms with Crippen molar-refractivity contribution in [2.24, 2.45) is 17.8 Å². The molecule has 0 radical (unpaired) electrons. The number of benzene rings is 2. The van der Waals surface area contributed by atoms with Crippen LogP contribution in [0.3, 0.4) is 0 Å². The zero-order valence-corrected chi connectivity index (χ0v) is 29.3. The van der Waals surface area contributed by atoms with Crippen molar-refractivity contribution in [3.05, 3.63) is 94.3 Å². The average Bonchev–Trinajstić information content (AvgIpc) is 3.22. The Hall–Kier alpha value is -3.47. The second kappa shape index (κ2) is 12.8. The molecule has 6 atom stereocenters. The van der Waals surface area contributed by atoms with E-state index < -0.39 is 26.8 Å². The Morgan fingerprint density at radius 1 is 1.12 bits per heavy atom. The third-order valence-corrected chi connectivity index (χ3v) is 13.6. The van der Waals surface area contributed by atoms with Crippen LogP contribution in [0, 0.1) is 17.8 Å². The maximum atomic E-state index is 13.5. The number of halogens is 1. The van der Waals surface area contributed by atoms with Crippen molar-refractivity contribution >= 4 is 33.2 Å². The summed E-state index contributed by atoms with van der Waals surface area (Å²) in [4.78, 5) is 15.9. The fourth-order valence-electron chi connectivity index (χ4n) is 8.36. The average molecular weight is 691 g/mol. The first-order valence-electron chi connectivity index (χ1n) is 16.9. The summed E-state index contributed by atoms with van der Waals surface area (Å²) in [5.74, 6) is 0.0903. The number of ether oxygens (including phenoxy) is 2. The van der Waals surface area contributed by atoms with Crippen LogP contribution in [0.1, 0.15) is 73.1 Å². The van der Waals surface area contributed by atoms with Crippen molar-refractivity contribution in [2.75, 3.05) is 31.7 Å². The van der Waals surface area contributed by atoms with Gasteiger partial charge in [-0.15, -0.1) is 0 Å². The van der Waals surface area contributed by atoms with Gasteiger partial charge in [0.15, 0.2) is 0 Å². The van der Waals surface area contributed by atoms with Gasteiger partial charge in [0.1, 0.15) is 11.4 Å². The van der Waals surface area contributed by atoms with Gasteiger partial charge in [0.05, 0.1) is 23.2 Å². The number of nitrogens with zero attached hydrogens (tertiary/aromatic N) is 3. The van der Waals surface area contributed by atoms with Gasteiger partial charge >= 0.3 is 0 Å². The zero-order valence-electron chi connectivity index (χ0n) is 27.7. The molecule has 1 amide bonds. The smallest absolute Gasteiger partial charge is 0.264 e. The molecule has 48 heavy (non-hydrogen) atoms. The van der Waals surface area contributed by atoms with Crippen LogP contribution < -0.4 is 14.4 Å². The molecule has 1 N–H and O–H groups in total. The van der Waals surface area contributed by atoms with E-state index in [2.05, 4.69) is 38.0 Å². The topological polar surface area (TPSA) is 111 Å². The first-order chi connectivity index (χ1) is 23.0. The van der Waals surface area contributed by atoms with Crippen LogP contribution in [0.5, 0.6) is 5.75 Å². The SMILES string of the molecule is CO[C@@]1(c2cccnn2)/C=C\C[C@H](C)[C@@H](C)S(=O)(=O)NC(=O)c2ccc3c(c2)N(C[C@@H]2CC[C@H]21)C[C@@]1(CCCc2cc(Cl)ccc21)CO3. The van der Waals surface area contributed by atoms with E-state index in [1.54, 1.807) is 32.4 Å². The highest BCUT2D eigenvalue weighted by Crippen LogP contribution is 2.51. The number of anilines is 1. The Bertz CT molecular complexity index is 1840. The van der Waals surface area contributed by atoms with E-state index >= 15 is 0 Å². The number of fused-ring (bicyclic) bond motifs is 4. The first-order valence-corrected chi connectivity index (χ1v) is 18.9. The van der Waals surface area contributed by atoms with Gasteiger partial charge in [-0.2, -0.15) is 10.2 Å². The maximum absolute atomic E-state index is 13.5. The number of nitrogens with one attached hydrogen (secondary N) is 1. The highest BCUT2D eigenvalue weighted by atomic mass is 35.5. The Kier molecular flexibility index (Phi) is 8.79. The first kappa shape index (κ1) is 33.0. The molecule has 1 fully saturated rings. The minimum absolute atomic E-state index is 0.0901. The summed E-state index contributed by atoms with van der Waals surface area (Å²) in [6, 6.07) is 15.3. The molecule has 254 valence electrons. The van der Waals surface area contributed by atoms with E-state index in [4.69, 9.17) is 21.1 Å². The van der Waals surface area contributed by atoms with E-state index in [9.17, 15) is 13.2 Å². The molecular formula is C37H43ClN4O5S. The number of aromatic nitrogens is 2. The molecule has 7 rings (SSSR count). The Labute approximate surface area is 288 Å². The number of rotatable bonds is 2. The second-order valence-corrected chi connectivity index (χ2v) is 16.6. The molecule has 1 spiro atoms. The molecule has 9 nitrogen and oxygen atoms in total. The summed E-state index contributed by atoms with van der Waals surface area (Å²) in [6.45, 7) is 5.39. The Morgan fingerprint density at radius 3 is 2.73 bits per heavy atom. The molecule has 11 heteroatoms. The van der Waals surface area contributed by atoms with E-state index in [0.29, 0.717) is 31.9 Å². The predicted molar refractivity (Wildman–Crippen MR) is 186 cm³/mol. The Morgan fingerprint density at radius 2 is 1.98 bits per heavy atom. The monoisotopic (exact) mass is 690 g/mol. The normalized spacial score (nSPS) is 32.1. The van der Waals surface area contributed by atoms with Crippen LogP contribution in [-0.2, 0) is 32.2 Å². The molecule has 2 bridgehead atoms. The van der Waals surface area contributed by atoms with E-state index in [1.165, 1.54) is 11.1 Å². The minimum Gasteiger partial charge on any atom is -0.490 e. The number of hydrogen-bond donors (Lipinski definition) is 1. The van der Waals surface area contributed by atoms with Gasteiger partial charge in [0.25, 0.3) is 5.91 Å². The molecular weight excluding hydrogens is 648 g/mol. The summed E-state index contributed by atoms with van der Waals surface area (Å²) >= 11 is 6.46. The lowest BCUT2D eigenvalue weighted by molar-refractivity contribution is -0.0836. The van der Waals surface area contributed by atoms with Crippen molar-refractivity contribution in [2.45, 2.75) is 68.6 Å². The Balaban J connectivity index is 1.36. The van der Waals surface area contributed by atoms with Crippen molar-refractivity contribution in [3.8, 4) is 5.75 Å². The number of methoxy groups -OCH3 is 1. The van der Waals surface area contributed by atoms with Gasteiger partial charge in [-0.1, -0.05) is 36.7 Å². The molecule has 0 unspecified atom stereocenters. The molecule has 1 aromatic heterocycles. The van der Waals surface area contributed by atoms with Crippen LogP contribution in [0.4, 0.5) is 5.69 Å². The van der Waals surface area contributed by atoms with Gasteiger partial charge in [0.2, 0.25) is 10.0 Å². The lowest BCUT2D eigenvalue weighted by Gasteiger charge is -2.50. The number of allylic oxidation sites excluding steroid dienone is 1. The number of hydrogen-bond acceptors (Lipinski definition) is 8. The molecule has 2 aliphatic heterocycles. The number of sulfonamides is 1. The van der Waals surface area contributed by atoms with Crippen molar-refractivity contribution in [1.82, 2.24) is 14.9 Å². The summed E-state index contributed by atoms with van der Waals surface area (Å²) in [5, 5.41) is 8.67. The van der Waals surface area contributed by atoms with Crippen molar-refractivity contribution < 1.29 is 22.7 Å². The van der Waals surface area contributed by atoms with Crippen LogP contribution in [-0.4, -0.2) is 56.6 Å². The molecule has 3 aromatic rings. The number of carbonyl (C=O) groups excluding carboxylic acids is 1. The molecule has 2 aromatic carbocycles. The fourth-order valence-corrected chi connectivity index (χ4v) is 9.84. The lowest BCUT2D eigenvalue weighted by Crippen LogP contribution is -2.52. The van der Waals surface area contributed by atoms with Crippen molar-refractivity contribution in [1.29, 1.82) is 0 Å². The van der Waals surface area contributed by atoms with Crippen LogP contribution in [0.2, 0.25) is 5.02 Å². The summed E-state index contributed by atoms with van der Waals surface area (Å²) in [7, 11) is -2.25. The third-order valence-electron chi connectivity index (χ3n) is 11.4. The molecule has 1 saturated carbocycles. The maximum Gasteiger partial charge on any atom is 0.264 e. The molecule has 3 heterocycles. The number of amides is 1. The van der Waals surface area contributed by atoms with Gasteiger partial charge in [-0.25, -0.2) is 13.1 Å². The van der Waals surface area contributed by atoms with Crippen molar-refractivity contribution in [3.63, 3.8) is 0 Å². The minimum atomic E-state index is -3.97. The third kappa shape index (κ3) is 5.79. The quantitative estimate of drug-likeness (QED) is 0.316. The van der Waals surface area contributed by atoms with E-state index in [0.717, 1.165) is 48.5 Å². The summed E-state index contributed by atoms with van der Waals surface area (Å²) in [5.41, 5.74) is 3.16. The molecule has 2 aliphatic carbocycles. The standard InChI is InChI=1S/C37H43ClN4O5S/c1-24-7-4-17-37(46-3,34-9-6-18-39-40-34)31-13-10-28(31)21-42-22-36(16-5-8-26-19-29(38)12-14-30(26)36)23-47-33-15-11-27(20-32(33)42)35(43)41-48(44,45)25(24)2/h4,6,9,11-12,14-15,17-20,24-25,28,31H,5,7-8,10,13,16,21-23H2,1-3H3,(H,41,43)/b17-4-/t24-,25+,28-,31+,36-,37-/m0/s1. The van der Waals surface area contributed by atoms with Crippen LogP contribution in [0.15, 0.2) is 66.9 Å². The van der Waals surface area contributed by atoms with E-state index in [1.807, 2.05) is 37.3 Å².